The summed E-state index contributed by atoms with van der Waals surface area (Å²) in [6.07, 6.45) is 7.16. The molecule has 1 atom stereocenters. The van der Waals surface area contributed by atoms with Gasteiger partial charge < -0.3 is 9.64 Å². The number of aromatic nitrogens is 2. The number of hydrogen-bond acceptors (Lipinski definition) is 3. The number of methoxy groups -OCH3 is 1. The molecule has 128 valence electrons. The maximum absolute atomic E-state index is 12.6. The number of rotatable bonds is 6. The summed E-state index contributed by atoms with van der Waals surface area (Å²) in [4.78, 5) is 14.6. The molecule has 1 aromatic carbocycles. The van der Waals surface area contributed by atoms with Crippen molar-refractivity contribution in [1.82, 2.24) is 14.7 Å². The van der Waals surface area contributed by atoms with Crippen molar-refractivity contribution in [2.45, 2.75) is 38.3 Å². The van der Waals surface area contributed by atoms with Crippen LogP contribution in [0.5, 0.6) is 5.75 Å². The van der Waals surface area contributed by atoms with Crippen molar-refractivity contribution in [3.63, 3.8) is 0 Å². The van der Waals surface area contributed by atoms with Gasteiger partial charge >= 0.3 is 0 Å². The zero-order valence-electron chi connectivity index (χ0n) is 13.8. The standard InChI is InChI=1S/C18H22BrN3O2/c1-24-16-8-6-14(7-9-16)17-4-2-11-22(17)18(23)5-3-10-21-13-15(19)12-20-21/h6-9,12-13,17H,2-5,10-11H2,1H3/t17-/m1/s1. The normalized spacial score (nSPS) is 17.2. The van der Waals surface area contributed by atoms with Crippen molar-refractivity contribution < 1.29 is 9.53 Å². The smallest absolute Gasteiger partial charge is 0.223 e. The number of aryl methyl sites for hydroxylation is 1. The van der Waals surface area contributed by atoms with Crippen LogP contribution in [0.4, 0.5) is 0 Å². The van der Waals surface area contributed by atoms with Gasteiger partial charge in [-0.2, -0.15) is 5.10 Å². The van der Waals surface area contributed by atoms with Gasteiger partial charge in [0, 0.05) is 25.7 Å². The van der Waals surface area contributed by atoms with Gasteiger partial charge in [0.2, 0.25) is 5.91 Å². The molecule has 1 fully saturated rings. The molecule has 6 heteroatoms. The Kier molecular flexibility index (Phi) is 5.56. The highest BCUT2D eigenvalue weighted by molar-refractivity contribution is 9.10. The zero-order chi connectivity index (χ0) is 16.9. The van der Waals surface area contributed by atoms with Crippen molar-refractivity contribution in [2.24, 2.45) is 0 Å². The number of hydrogen-bond donors (Lipinski definition) is 0. The summed E-state index contributed by atoms with van der Waals surface area (Å²) in [5.74, 6) is 1.08. The van der Waals surface area contributed by atoms with Gasteiger partial charge in [-0.05, 0) is 52.9 Å². The van der Waals surface area contributed by atoms with Gasteiger partial charge in [0.25, 0.3) is 0 Å². The monoisotopic (exact) mass is 391 g/mol. The van der Waals surface area contributed by atoms with Crippen LogP contribution in [-0.2, 0) is 11.3 Å². The Morgan fingerprint density at radius 3 is 2.83 bits per heavy atom. The SMILES string of the molecule is COc1ccc([C@H]2CCCN2C(=O)CCCn2cc(Br)cn2)cc1. The Labute approximate surface area is 150 Å². The lowest BCUT2D eigenvalue weighted by molar-refractivity contribution is -0.132. The van der Waals surface area contributed by atoms with Gasteiger partial charge in [0.05, 0.1) is 23.8 Å². The molecule has 1 aromatic heterocycles. The van der Waals surface area contributed by atoms with E-state index in [2.05, 4.69) is 33.2 Å². The van der Waals surface area contributed by atoms with E-state index in [9.17, 15) is 4.79 Å². The fourth-order valence-corrected chi connectivity index (χ4v) is 3.56. The molecule has 0 aliphatic carbocycles. The number of amides is 1. The van der Waals surface area contributed by atoms with Gasteiger partial charge in [-0.3, -0.25) is 9.48 Å². The third-order valence-corrected chi connectivity index (χ3v) is 4.86. The van der Waals surface area contributed by atoms with E-state index in [0.29, 0.717) is 6.42 Å². The lowest BCUT2D eigenvalue weighted by Crippen LogP contribution is -2.30. The molecule has 0 bridgehead atoms. The molecule has 5 nitrogen and oxygen atoms in total. The summed E-state index contributed by atoms with van der Waals surface area (Å²) in [5, 5.41) is 4.22. The van der Waals surface area contributed by atoms with Crippen LogP contribution in [0.2, 0.25) is 0 Å². The number of likely N-dealkylation sites (tertiary alicyclic amines) is 1. The Morgan fingerprint density at radius 1 is 1.38 bits per heavy atom. The number of halogens is 1. The predicted octanol–water partition coefficient (Wildman–Crippen LogP) is 3.80. The second kappa shape index (κ2) is 7.83. The molecule has 1 aliphatic rings. The summed E-state index contributed by atoms with van der Waals surface area (Å²) in [6.45, 7) is 1.61. The number of nitrogens with zero attached hydrogens (tertiary/aromatic N) is 3. The minimum absolute atomic E-state index is 0.197. The number of ether oxygens (including phenoxy) is 1. The maximum atomic E-state index is 12.6. The van der Waals surface area contributed by atoms with Crippen LogP contribution in [-0.4, -0.2) is 34.2 Å². The van der Waals surface area contributed by atoms with E-state index in [1.165, 1.54) is 5.56 Å². The lowest BCUT2D eigenvalue weighted by atomic mass is 10.0. The first-order valence-corrected chi connectivity index (χ1v) is 9.08. The van der Waals surface area contributed by atoms with Crippen LogP contribution in [0.3, 0.4) is 0 Å². The highest BCUT2D eigenvalue weighted by atomic mass is 79.9. The molecular formula is C18H22BrN3O2. The average Bonchev–Trinajstić information content (AvgIpc) is 3.24. The summed E-state index contributed by atoms with van der Waals surface area (Å²) >= 11 is 3.38. The summed E-state index contributed by atoms with van der Waals surface area (Å²) in [7, 11) is 1.67. The highest BCUT2D eigenvalue weighted by Gasteiger charge is 2.29. The van der Waals surface area contributed by atoms with Crippen LogP contribution in [0.25, 0.3) is 0 Å². The molecule has 0 N–H and O–H groups in total. The van der Waals surface area contributed by atoms with E-state index >= 15 is 0 Å². The van der Waals surface area contributed by atoms with Gasteiger partial charge in [-0.15, -0.1) is 0 Å². The molecular weight excluding hydrogens is 370 g/mol. The Bertz CT molecular complexity index is 684. The molecule has 24 heavy (non-hydrogen) atoms. The van der Waals surface area contributed by atoms with Crippen molar-refractivity contribution in [3.8, 4) is 5.75 Å². The first-order valence-electron chi connectivity index (χ1n) is 8.29. The number of carbonyl (C=O) groups excluding carboxylic acids is 1. The summed E-state index contributed by atoms with van der Waals surface area (Å²) in [5.41, 5.74) is 1.19. The topological polar surface area (TPSA) is 47.4 Å². The minimum atomic E-state index is 0.197. The number of carbonyl (C=O) groups is 1. The number of benzene rings is 1. The van der Waals surface area contributed by atoms with E-state index in [1.54, 1.807) is 13.3 Å². The molecule has 2 aromatic rings. The maximum Gasteiger partial charge on any atom is 0.223 e. The van der Waals surface area contributed by atoms with Crippen molar-refractivity contribution in [1.29, 1.82) is 0 Å². The summed E-state index contributed by atoms with van der Waals surface area (Å²) in [6, 6.07) is 8.26. The molecule has 0 radical (unpaired) electrons. The predicted molar refractivity (Wildman–Crippen MR) is 95.8 cm³/mol. The van der Waals surface area contributed by atoms with Crippen LogP contribution in [0.15, 0.2) is 41.1 Å². The fourth-order valence-electron chi connectivity index (χ4n) is 3.23. The van der Waals surface area contributed by atoms with E-state index in [0.717, 1.165) is 42.6 Å². The van der Waals surface area contributed by atoms with E-state index in [-0.39, 0.29) is 11.9 Å². The Morgan fingerprint density at radius 2 is 2.17 bits per heavy atom. The van der Waals surface area contributed by atoms with Gasteiger partial charge in [-0.25, -0.2) is 0 Å². The van der Waals surface area contributed by atoms with Gasteiger partial charge in [0.15, 0.2) is 0 Å². The van der Waals surface area contributed by atoms with Crippen LogP contribution >= 0.6 is 15.9 Å². The largest absolute Gasteiger partial charge is 0.497 e. The summed E-state index contributed by atoms with van der Waals surface area (Å²) < 4.78 is 8.04. The molecule has 2 heterocycles. The van der Waals surface area contributed by atoms with Crippen LogP contribution < -0.4 is 4.74 Å². The van der Waals surface area contributed by atoms with E-state index in [1.807, 2.05) is 27.9 Å². The third kappa shape index (κ3) is 3.98. The third-order valence-electron chi connectivity index (χ3n) is 4.45. The molecule has 1 aliphatic heterocycles. The minimum Gasteiger partial charge on any atom is -0.497 e. The molecule has 1 saturated heterocycles. The average molecular weight is 392 g/mol. The van der Waals surface area contributed by atoms with Gasteiger partial charge in [0.1, 0.15) is 5.75 Å². The zero-order valence-corrected chi connectivity index (χ0v) is 15.4. The van der Waals surface area contributed by atoms with Crippen molar-refractivity contribution >= 4 is 21.8 Å². The van der Waals surface area contributed by atoms with Crippen molar-refractivity contribution in [2.75, 3.05) is 13.7 Å². The van der Waals surface area contributed by atoms with Crippen LogP contribution in [0, 0.1) is 0 Å². The molecule has 0 saturated carbocycles. The van der Waals surface area contributed by atoms with E-state index in [4.69, 9.17) is 4.74 Å². The van der Waals surface area contributed by atoms with Crippen molar-refractivity contribution in [3.05, 3.63) is 46.7 Å². The second-order valence-corrected chi connectivity index (χ2v) is 6.96. The first-order chi connectivity index (χ1) is 11.7. The molecule has 3 rings (SSSR count). The lowest BCUT2D eigenvalue weighted by Gasteiger charge is -2.25. The quantitative estimate of drug-likeness (QED) is 0.752. The molecule has 0 unspecified atom stereocenters. The molecule has 0 spiro atoms. The van der Waals surface area contributed by atoms with Gasteiger partial charge in [-0.1, -0.05) is 12.1 Å². The first kappa shape index (κ1) is 17.0. The highest BCUT2D eigenvalue weighted by Crippen LogP contribution is 2.33. The Balaban J connectivity index is 1.56. The second-order valence-electron chi connectivity index (χ2n) is 6.04. The van der Waals surface area contributed by atoms with E-state index < -0.39 is 0 Å². The molecule has 1 amide bonds. The Hall–Kier alpha value is -1.82. The van der Waals surface area contributed by atoms with Crippen LogP contribution in [0.1, 0.15) is 37.3 Å². The fraction of sp³-hybridized carbons (Fsp3) is 0.444.